The molecule has 0 bridgehead atoms. The first kappa shape index (κ1) is 18.8. The summed E-state index contributed by atoms with van der Waals surface area (Å²) in [5, 5.41) is 0. The number of hydrogen-bond acceptors (Lipinski definition) is 4. The van der Waals surface area contributed by atoms with Crippen LogP contribution < -0.4 is 0 Å². The Kier molecular flexibility index (Phi) is 7.68. The molecule has 124 valence electrons. The van der Waals surface area contributed by atoms with Crippen molar-refractivity contribution in [2.75, 3.05) is 0 Å². The largest absolute Gasteiger partial charge is 0.299 e. The van der Waals surface area contributed by atoms with Crippen LogP contribution in [-0.4, -0.2) is 24.5 Å². The van der Waals surface area contributed by atoms with Crippen LogP contribution in [-0.2, 0) is 19.7 Å². The van der Waals surface area contributed by atoms with Crippen LogP contribution in [0.1, 0.15) is 58.3 Å². The van der Waals surface area contributed by atoms with Crippen LogP contribution in [0.5, 0.6) is 0 Å². The lowest BCUT2D eigenvalue weighted by Crippen LogP contribution is -2.28. The Bertz CT molecular complexity index is 557. The predicted octanol–water partition coefficient (Wildman–Crippen LogP) is 3.22. The van der Waals surface area contributed by atoms with Crippen LogP contribution in [0.2, 0.25) is 0 Å². The summed E-state index contributed by atoms with van der Waals surface area (Å²) in [6, 6.07) is 0. The lowest BCUT2D eigenvalue weighted by Gasteiger charge is -2.14. The van der Waals surface area contributed by atoms with Crippen LogP contribution >= 0.6 is 0 Å². The highest BCUT2D eigenvalue weighted by atomic mass is 32.2. The third kappa shape index (κ3) is 5.85. The zero-order chi connectivity index (χ0) is 16.6. The van der Waals surface area contributed by atoms with E-state index in [1.54, 1.807) is 0 Å². The molecular weight excluding hydrogens is 304 g/mol. The Morgan fingerprint density at radius 2 is 1.73 bits per heavy atom. The van der Waals surface area contributed by atoms with Gasteiger partial charge in [-0.05, 0) is 12.5 Å². The molecule has 1 rings (SSSR count). The lowest BCUT2D eigenvalue weighted by atomic mass is 9.91. The van der Waals surface area contributed by atoms with E-state index in [0.29, 0.717) is 6.42 Å². The van der Waals surface area contributed by atoms with E-state index in [9.17, 15) is 18.0 Å². The summed E-state index contributed by atoms with van der Waals surface area (Å²) in [5.41, 5.74) is 0. The topological polar surface area (TPSA) is 88.5 Å². The summed E-state index contributed by atoms with van der Waals surface area (Å²) >= 11 is 0. The quantitative estimate of drug-likeness (QED) is 0.378. The molecule has 5 nitrogen and oxygen atoms in total. The molecule has 6 heteroatoms. The average molecular weight is 328 g/mol. The maximum atomic E-state index is 12.0. The fourth-order valence-corrected chi connectivity index (χ4v) is 3.09. The van der Waals surface area contributed by atoms with E-state index in [4.69, 9.17) is 4.55 Å². The molecule has 1 N–H and O–H groups in total. The summed E-state index contributed by atoms with van der Waals surface area (Å²) in [6.07, 6.45) is 11.5. The van der Waals surface area contributed by atoms with Crippen molar-refractivity contribution in [1.82, 2.24) is 0 Å². The van der Waals surface area contributed by atoms with Gasteiger partial charge in [0.25, 0.3) is 10.1 Å². The zero-order valence-electron chi connectivity index (χ0n) is 13.0. The van der Waals surface area contributed by atoms with Crippen LogP contribution in [0.25, 0.3) is 0 Å². The first-order valence-corrected chi connectivity index (χ1v) is 9.25. The second-order valence-corrected chi connectivity index (χ2v) is 6.96. The number of rotatable bonds is 10. The van der Waals surface area contributed by atoms with E-state index >= 15 is 0 Å². The van der Waals surface area contributed by atoms with E-state index in [2.05, 4.69) is 6.92 Å². The molecule has 0 radical (unpaired) electrons. The number of unbranched alkanes of at least 4 members (excludes halogenated alkanes) is 6. The SMILES string of the molecule is CCCCCCCCCC(=O)C1C=CC=C(S(=O)(=O)O)C1=O. The van der Waals surface area contributed by atoms with Gasteiger partial charge in [0.1, 0.15) is 16.6 Å². The van der Waals surface area contributed by atoms with Gasteiger partial charge in [-0.15, -0.1) is 0 Å². The maximum Gasteiger partial charge on any atom is 0.298 e. The fraction of sp³-hybridized carbons (Fsp3) is 0.625. The third-order valence-electron chi connectivity index (χ3n) is 3.73. The molecule has 1 aliphatic rings. The second-order valence-electron chi connectivity index (χ2n) is 5.57. The molecule has 0 saturated heterocycles. The first-order chi connectivity index (χ1) is 10.4. The van der Waals surface area contributed by atoms with E-state index in [1.165, 1.54) is 31.4 Å². The van der Waals surface area contributed by atoms with Crippen molar-refractivity contribution in [3.63, 3.8) is 0 Å². The third-order valence-corrected chi connectivity index (χ3v) is 4.62. The molecule has 1 atom stereocenters. The Balaban J connectivity index is 2.39. The highest BCUT2D eigenvalue weighted by Gasteiger charge is 2.33. The summed E-state index contributed by atoms with van der Waals surface area (Å²) in [5.74, 6) is -2.20. The molecule has 0 amide bonds. The molecule has 0 aromatic heterocycles. The molecular formula is C16H24O5S. The van der Waals surface area contributed by atoms with Gasteiger partial charge in [-0.2, -0.15) is 8.42 Å². The number of ketones is 2. The number of carbonyl (C=O) groups is 2. The van der Waals surface area contributed by atoms with Crippen molar-refractivity contribution >= 4 is 21.7 Å². The van der Waals surface area contributed by atoms with Gasteiger partial charge >= 0.3 is 0 Å². The molecule has 22 heavy (non-hydrogen) atoms. The smallest absolute Gasteiger partial charge is 0.298 e. The van der Waals surface area contributed by atoms with Gasteiger partial charge < -0.3 is 0 Å². The molecule has 0 aromatic carbocycles. The van der Waals surface area contributed by atoms with E-state index in [1.807, 2.05) is 0 Å². The van der Waals surface area contributed by atoms with E-state index in [-0.39, 0.29) is 12.2 Å². The molecule has 1 aliphatic carbocycles. The maximum absolute atomic E-state index is 12.0. The summed E-state index contributed by atoms with van der Waals surface area (Å²) in [4.78, 5) is 23.3. The predicted molar refractivity (Wildman–Crippen MR) is 84.9 cm³/mol. The fourth-order valence-electron chi connectivity index (χ4n) is 2.46. The molecule has 0 aromatic rings. The van der Waals surface area contributed by atoms with Gasteiger partial charge in [0.2, 0.25) is 0 Å². The number of hydrogen-bond donors (Lipinski definition) is 1. The van der Waals surface area contributed by atoms with Gasteiger partial charge in [-0.25, -0.2) is 0 Å². The summed E-state index contributed by atoms with van der Waals surface area (Å²) < 4.78 is 31.1. The van der Waals surface area contributed by atoms with Crippen LogP contribution in [0.3, 0.4) is 0 Å². The van der Waals surface area contributed by atoms with E-state index in [0.717, 1.165) is 25.3 Å². The van der Waals surface area contributed by atoms with Gasteiger partial charge in [0.15, 0.2) is 5.78 Å². The molecule has 0 fully saturated rings. The lowest BCUT2D eigenvalue weighted by molar-refractivity contribution is -0.128. The minimum absolute atomic E-state index is 0.257. The van der Waals surface area contributed by atoms with Crippen molar-refractivity contribution in [2.24, 2.45) is 5.92 Å². The van der Waals surface area contributed by atoms with Crippen molar-refractivity contribution in [2.45, 2.75) is 58.3 Å². The van der Waals surface area contributed by atoms with Crippen LogP contribution in [0, 0.1) is 5.92 Å². The standard InChI is InChI=1S/C16H24O5S/c1-2-3-4-5-6-7-8-11-14(17)13-10-9-12-15(16(13)18)22(19,20)21/h9-10,12-13H,2-8,11H2,1H3,(H,19,20,21). The Labute approximate surface area is 132 Å². The Hall–Kier alpha value is -1.27. The normalized spacial score (nSPS) is 18.4. The Morgan fingerprint density at radius 3 is 2.32 bits per heavy atom. The molecule has 0 aliphatic heterocycles. The van der Waals surface area contributed by atoms with Crippen LogP contribution in [0.15, 0.2) is 23.1 Å². The molecule has 0 heterocycles. The van der Waals surface area contributed by atoms with Gasteiger partial charge in [0.05, 0.1) is 0 Å². The minimum Gasteiger partial charge on any atom is -0.299 e. The van der Waals surface area contributed by atoms with Crippen molar-refractivity contribution in [1.29, 1.82) is 0 Å². The van der Waals surface area contributed by atoms with Crippen molar-refractivity contribution in [3.8, 4) is 0 Å². The van der Waals surface area contributed by atoms with Crippen molar-refractivity contribution in [3.05, 3.63) is 23.1 Å². The zero-order valence-corrected chi connectivity index (χ0v) is 13.8. The summed E-state index contributed by atoms with van der Waals surface area (Å²) in [6.45, 7) is 2.16. The highest BCUT2D eigenvalue weighted by molar-refractivity contribution is 7.90. The molecule has 0 spiro atoms. The van der Waals surface area contributed by atoms with E-state index < -0.39 is 26.7 Å². The van der Waals surface area contributed by atoms with Crippen LogP contribution in [0.4, 0.5) is 0 Å². The number of Topliss-reactive ketones (excluding diaryl/α,β-unsaturated/α-hetero) is 2. The summed E-state index contributed by atoms with van der Waals surface area (Å²) in [7, 11) is -4.57. The van der Waals surface area contributed by atoms with Crippen molar-refractivity contribution < 1.29 is 22.6 Å². The molecule has 1 unspecified atom stereocenters. The average Bonchev–Trinajstić information content (AvgIpc) is 2.45. The van der Waals surface area contributed by atoms with Gasteiger partial charge in [-0.3, -0.25) is 14.1 Å². The molecule has 0 saturated carbocycles. The van der Waals surface area contributed by atoms with Gasteiger partial charge in [-0.1, -0.05) is 57.6 Å². The number of allylic oxidation sites excluding steroid dienone is 4. The monoisotopic (exact) mass is 328 g/mol. The minimum atomic E-state index is -4.57. The Morgan fingerprint density at radius 1 is 1.14 bits per heavy atom. The first-order valence-electron chi connectivity index (χ1n) is 7.80. The van der Waals surface area contributed by atoms with Gasteiger partial charge in [0, 0.05) is 6.42 Å². The highest BCUT2D eigenvalue weighted by Crippen LogP contribution is 2.21. The number of carbonyl (C=O) groups excluding carboxylic acids is 2. The second kappa shape index (κ2) is 9.00.